The van der Waals surface area contributed by atoms with E-state index in [1.165, 1.54) is 0 Å². The second-order valence-electron chi connectivity index (χ2n) is 4.54. The van der Waals surface area contributed by atoms with Crippen molar-refractivity contribution in [2.24, 2.45) is 0 Å². The van der Waals surface area contributed by atoms with Crippen LogP contribution in [-0.2, 0) is 11.3 Å². The van der Waals surface area contributed by atoms with Crippen LogP contribution in [0.25, 0.3) is 0 Å². The van der Waals surface area contributed by atoms with E-state index in [1.54, 1.807) is 12.1 Å². The number of benzene rings is 1. The summed E-state index contributed by atoms with van der Waals surface area (Å²) in [6.45, 7) is -0.0158. The molecule has 0 saturated heterocycles. The standard InChI is InChI=1S/C14H11Cl2FN2O2/c15-13-11-6-20-5-10(12(11)18-14(16)19-13)8-1-3-9(4-2-8)21-7-17/h1-4,10H,5-7H2. The number of halogens is 3. The Hall–Kier alpha value is -1.43. The molecular weight excluding hydrogens is 318 g/mol. The number of hydrogen-bond donors (Lipinski definition) is 0. The molecule has 0 saturated carbocycles. The van der Waals surface area contributed by atoms with Crippen molar-refractivity contribution in [2.75, 3.05) is 13.5 Å². The summed E-state index contributed by atoms with van der Waals surface area (Å²) in [6, 6.07) is 7.09. The van der Waals surface area contributed by atoms with Gasteiger partial charge < -0.3 is 9.47 Å². The lowest BCUT2D eigenvalue weighted by atomic mass is 9.92. The number of ether oxygens (including phenoxy) is 2. The van der Waals surface area contributed by atoms with Gasteiger partial charge in [-0.1, -0.05) is 23.7 Å². The predicted molar refractivity (Wildman–Crippen MR) is 76.6 cm³/mol. The van der Waals surface area contributed by atoms with E-state index in [0.717, 1.165) is 16.8 Å². The largest absolute Gasteiger partial charge is 0.463 e. The van der Waals surface area contributed by atoms with Gasteiger partial charge in [-0.15, -0.1) is 0 Å². The summed E-state index contributed by atoms with van der Waals surface area (Å²) in [5, 5.41) is 0.426. The minimum Gasteiger partial charge on any atom is -0.463 e. The van der Waals surface area contributed by atoms with Gasteiger partial charge in [0.05, 0.1) is 24.8 Å². The van der Waals surface area contributed by atoms with Crippen LogP contribution >= 0.6 is 23.2 Å². The highest BCUT2D eigenvalue weighted by Crippen LogP contribution is 2.34. The Morgan fingerprint density at radius 2 is 2.00 bits per heavy atom. The summed E-state index contributed by atoms with van der Waals surface area (Å²) >= 11 is 12.0. The summed E-state index contributed by atoms with van der Waals surface area (Å²) < 4.78 is 22.5. The van der Waals surface area contributed by atoms with E-state index >= 15 is 0 Å². The van der Waals surface area contributed by atoms with E-state index in [1.807, 2.05) is 12.1 Å². The molecule has 1 aliphatic heterocycles. The fourth-order valence-electron chi connectivity index (χ4n) is 2.34. The third kappa shape index (κ3) is 2.95. The van der Waals surface area contributed by atoms with Gasteiger partial charge in [0.25, 0.3) is 0 Å². The van der Waals surface area contributed by atoms with Crippen LogP contribution in [-0.4, -0.2) is 23.4 Å². The molecular formula is C14H11Cl2FN2O2. The Labute approximate surface area is 130 Å². The first-order valence-electron chi connectivity index (χ1n) is 6.27. The second-order valence-corrected chi connectivity index (χ2v) is 5.23. The molecule has 0 bridgehead atoms. The Morgan fingerprint density at radius 1 is 1.24 bits per heavy atom. The number of aromatic nitrogens is 2. The van der Waals surface area contributed by atoms with Crippen LogP contribution in [0.2, 0.25) is 10.4 Å². The zero-order chi connectivity index (χ0) is 14.8. The van der Waals surface area contributed by atoms with E-state index in [-0.39, 0.29) is 11.2 Å². The van der Waals surface area contributed by atoms with E-state index in [0.29, 0.717) is 24.1 Å². The van der Waals surface area contributed by atoms with E-state index in [2.05, 4.69) is 9.97 Å². The second kappa shape index (κ2) is 6.13. The highest BCUT2D eigenvalue weighted by molar-refractivity contribution is 6.32. The average molecular weight is 329 g/mol. The maximum atomic E-state index is 12.1. The molecule has 2 heterocycles. The van der Waals surface area contributed by atoms with Crippen LogP contribution < -0.4 is 4.74 Å². The summed E-state index contributed by atoms with van der Waals surface area (Å²) in [7, 11) is 0. The topological polar surface area (TPSA) is 44.2 Å². The Morgan fingerprint density at radius 3 is 2.71 bits per heavy atom. The lowest BCUT2D eigenvalue weighted by molar-refractivity contribution is 0.0973. The molecule has 1 atom stereocenters. The van der Waals surface area contributed by atoms with Crippen molar-refractivity contribution in [1.82, 2.24) is 9.97 Å². The lowest BCUT2D eigenvalue weighted by Gasteiger charge is -2.25. The fraction of sp³-hybridized carbons (Fsp3) is 0.286. The molecule has 7 heteroatoms. The van der Waals surface area contributed by atoms with Gasteiger partial charge in [-0.05, 0) is 29.3 Å². The zero-order valence-electron chi connectivity index (χ0n) is 10.9. The minimum absolute atomic E-state index is 0.0915. The Bertz CT molecular complexity index is 652. The summed E-state index contributed by atoms with van der Waals surface area (Å²) in [4.78, 5) is 8.22. The van der Waals surface area contributed by atoms with Crippen molar-refractivity contribution < 1.29 is 13.9 Å². The molecule has 2 aromatic rings. The van der Waals surface area contributed by atoms with Crippen LogP contribution in [0, 0.1) is 0 Å². The molecule has 0 N–H and O–H groups in total. The highest BCUT2D eigenvalue weighted by atomic mass is 35.5. The summed E-state index contributed by atoms with van der Waals surface area (Å²) in [5.41, 5.74) is 2.49. The number of fused-ring (bicyclic) bond motifs is 1. The maximum Gasteiger partial charge on any atom is 0.228 e. The minimum atomic E-state index is -0.854. The molecule has 0 amide bonds. The van der Waals surface area contributed by atoms with Gasteiger partial charge in [0, 0.05) is 5.56 Å². The molecule has 1 aliphatic rings. The molecule has 1 aromatic heterocycles. The smallest absolute Gasteiger partial charge is 0.228 e. The summed E-state index contributed by atoms with van der Waals surface area (Å²) in [5.74, 6) is 0.378. The van der Waals surface area contributed by atoms with Crippen molar-refractivity contribution in [3.63, 3.8) is 0 Å². The van der Waals surface area contributed by atoms with E-state index in [4.69, 9.17) is 32.7 Å². The van der Waals surface area contributed by atoms with E-state index < -0.39 is 6.86 Å². The van der Waals surface area contributed by atoms with Crippen molar-refractivity contribution in [3.8, 4) is 5.75 Å². The van der Waals surface area contributed by atoms with Crippen molar-refractivity contribution in [1.29, 1.82) is 0 Å². The lowest BCUT2D eigenvalue weighted by Crippen LogP contribution is -2.20. The molecule has 110 valence electrons. The highest BCUT2D eigenvalue weighted by Gasteiger charge is 2.27. The van der Waals surface area contributed by atoms with Gasteiger partial charge in [0.15, 0.2) is 0 Å². The van der Waals surface area contributed by atoms with Crippen LogP contribution in [0.1, 0.15) is 22.7 Å². The van der Waals surface area contributed by atoms with Crippen molar-refractivity contribution >= 4 is 23.2 Å². The molecule has 1 aromatic carbocycles. The molecule has 0 fully saturated rings. The number of alkyl halides is 1. The number of nitrogens with zero attached hydrogens (tertiary/aromatic N) is 2. The maximum absolute atomic E-state index is 12.1. The average Bonchev–Trinajstić information content (AvgIpc) is 2.48. The van der Waals surface area contributed by atoms with Gasteiger partial charge in [0.2, 0.25) is 12.1 Å². The van der Waals surface area contributed by atoms with Gasteiger partial charge in [-0.3, -0.25) is 0 Å². The predicted octanol–water partition coefficient (Wildman–Crippen LogP) is 3.75. The van der Waals surface area contributed by atoms with Crippen molar-refractivity contribution in [2.45, 2.75) is 12.5 Å². The SMILES string of the molecule is FCOc1ccc(C2COCc3c(Cl)nc(Cl)nc32)cc1. The van der Waals surface area contributed by atoms with Crippen LogP contribution in [0.4, 0.5) is 4.39 Å². The molecule has 0 aliphatic carbocycles. The fourth-order valence-corrected chi connectivity index (χ4v) is 2.79. The van der Waals surface area contributed by atoms with Crippen LogP contribution in [0.3, 0.4) is 0 Å². The molecule has 1 unspecified atom stereocenters. The monoisotopic (exact) mass is 328 g/mol. The molecule has 21 heavy (non-hydrogen) atoms. The van der Waals surface area contributed by atoms with Crippen molar-refractivity contribution in [3.05, 3.63) is 51.5 Å². The number of hydrogen-bond acceptors (Lipinski definition) is 4. The third-order valence-electron chi connectivity index (χ3n) is 3.33. The molecule has 0 radical (unpaired) electrons. The first-order valence-corrected chi connectivity index (χ1v) is 7.03. The molecule has 4 nitrogen and oxygen atoms in total. The Kier molecular flexibility index (Phi) is 4.24. The van der Waals surface area contributed by atoms with Gasteiger partial charge in [0.1, 0.15) is 10.9 Å². The first-order chi connectivity index (χ1) is 10.2. The zero-order valence-corrected chi connectivity index (χ0v) is 12.4. The first kappa shape index (κ1) is 14.5. The normalized spacial score (nSPS) is 17.4. The summed E-state index contributed by atoms with van der Waals surface area (Å²) in [6.07, 6.45) is 0. The molecule has 0 spiro atoms. The Balaban J connectivity index is 1.98. The quantitative estimate of drug-likeness (QED) is 0.635. The van der Waals surface area contributed by atoms with Gasteiger partial charge >= 0.3 is 0 Å². The van der Waals surface area contributed by atoms with Gasteiger partial charge in [-0.25, -0.2) is 14.4 Å². The van der Waals surface area contributed by atoms with Crippen LogP contribution in [0.5, 0.6) is 5.75 Å². The third-order valence-corrected chi connectivity index (χ3v) is 3.81. The van der Waals surface area contributed by atoms with Crippen LogP contribution in [0.15, 0.2) is 24.3 Å². The number of rotatable bonds is 3. The van der Waals surface area contributed by atoms with Gasteiger partial charge in [-0.2, -0.15) is 0 Å². The van der Waals surface area contributed by atoms with E-state index in [9.17, 15) is 4.39 Å². The molecule has 3 rings (SSSR count).